The standard InChI is InChI=1S/C11H16N2O3S/c1-12-4-2-3-9(12)11-13(5-8(15)6-14)10(16)7-17-11/h2-4,8,11,14-15H,5-7H2,1H3. The summed E-state index contributed by atoms with van der Waals surface area (Å²) in [5.74, 6) is 0.433. The molecule has 2 rings (SSSR count). The predicted molar refractivity (Wildman–Crippen MR) is 65.4 cm³/mol. The molecule has 2 heterocycles. The summed E-state index contributed by atoms with van der Waals surface area (Å²) in [5.41, 5.74) is 1.03. The van der Waals surface area contributed by atoms with Gasteiger partial charge in [0.1, 0.15) is 5.37 Å². The number of carbonyl (C=O) groups excluding carboxylic acids is 1. The number of hydrogen-bond donors (Lipinski definition) is 2. The second-order valence-corrected chi connectivity index (χ2v) is 5.16. The molecule has 0 aromatic carbocycles. The molecule has 1 amide bonds. The van der Waals surface area contributed by atoms with Crippen molar-refractivity contribution >= 4 is 17.7 Å². The van der Waals surface area contributed by atoms with Crippen molar-refractivity contribution in [3.63, 3.8) is 0 Å². The summed E-state index contributed by atoms with van der Waals surface area (Å²) in [6, 6.07) is 3.90. The Hall–Kier alpha value is -0.980. The number of aryl methyl sites for hydroxylation is 1. The number of hydrogen-bond acceptors (Lipinski definition) is 4. The van der Waals surface area contributed by atoms with E-state index >= 15 is 0 Å². The molecule has 1 fully saturated rings. The Morgan fingerprint density at radius 1 is 1.65 bits per heavy atom. The first-order valence-corrected chi connectivity index (χ1v) is 6.49. The van der Waals surface area contributed by atoms with Crippen molar-refractivity contribution in [1.82, 2.24) is 9.47 Å². The van der Waals surface area contributed by atoms with Gasteiger partial charge in [0.05, 0.1) is 30.7 Å². The number of β-amino-alcohol motifs (C(OH)–C–C–N with tert-alkyl or cyclic N) is 1. The molecule has 1 saturated heterocycles. The van der Waals surface area contributed by atoms with Crippen LogP contribution in [0.3, 0.4) is 0 Å². The van der Waals surface area contributed by atoms with Crippen LogP contribution in [-0.2, 0) is 11.8 Å². The highest BCUT2D eigenvalue weighted by Gasteiger charge is 2.34. The fraction of sp³-hybridized carbons (Fsp3) is 0.545. The van der Waals surface area contributed by atoms with E-state index in [1.165, 1.54) is 0 Å². The van der Waals surface area contributed by atoms with Gasteiger partial charge in [0, 0.05) is 13.2 Å². The lowest BCUT2D eigenvalue weighted by Crippen LogP contribution is -2.37. The summed E-state index contributed by atoms with van der Waals surface area (Å²) in [6.07, 6.45) is 1.06. The number of rotatable bonds is 4. The van der Waals surface area contributed by atoms with Crippen molar-refractivity contribution in [3.8, 4) is 0 Å². The average Bonchev–Trinajstić information content (AvgIpc) is 2.87. The van der Waals surface area contributed by atoms with Gasteiger partial charge < -0.3 is 19.7 Å². The van der Waals surface area contributed by atoms with Crippen LogP contribution >= 0.6 is 11.8 Å². The minimum Gasteiger partial charge on any atom is -0.394 e. The number of aromatic nitrogens is 1. The van der Waals surface area contributed by atoms with Gasteiger partial charge >= 0.3 is 0 Å². The molecule has 6 heteroatoms. The van der Waals surface area contributed by atoms with Crippen LogP contribution in [0.25, 0.3) is 0 Å². The highest BCUT2D eigenvalue weighted by molar-refractivity contribution is 8.00. The van der Waals surface area contributed by atoms with Gasteiger partial charge in [-0.2, -0.15) is 0 Å². The van der Waals surface area contributed by atoms with E-state index in [4.69, 9.17) is 5.11 Å². The van der Waals surface area contributed by atoms with Gasteiger partial charge in [-0.1, -0.05) is 0 Å². The lowest BCUT2D eigenvalue weighted by atomic mass is 10.3. The molecular weight excluding hydrogens is 240 g/mol. The van der Waals surface area contributed by atoms with Crippen molar-refractivity contribution in [1.29, 1.82) is 0 Å². The van der Waals surface area contributed by atoms with Gasteiger partial charge in [0.25, 0.3) is 0 Å². The van der Waals surface area contributed by atoms with Crippen molar-refractivity contribution in [3.05, 3.63) is 24.0 Å². The van der Waals surface area contributed by atoms with Crippen LogP contribution in [0.4, 0.5) is 0 Å². The van der Waals surface area contributed by atoms with Crippen LogP contribution < -0.4 is 0 Å². The van der Waals surface area contributed by atoms with E-state index in [0.29, 0.717) is 5.75 Å². The van der Waals surface area contributed by atoms with Crippen molar-refractivity contribution in [2.75, 3.05) is 18.9 Å². The van der Waals surface area contributed by atoms with Crippen molar-refractivity contribution in [2.45, 2.75) is 11.5 Å². The highest BCUT2D eigenvalue weighted by Crippen LogP contribution is 2.38. The molecule has 2 atom stereocenters. The maximum Gasteiger partial charge on any atom is 0.233 e. The highest BCUT2D eigenvalue weighted by atomic mass is 32.2. The van der Waals surface area contributed by atoms with E-state index in [-0.39, 0.29) is 24.4 Å². The maximum atomic E-state index is 11.7. The second-order valence-electron chi connectivity index (χ2n) is 4.09. The Bertz CT molecular complexity index is 407. The fourth-order valence-electron chi connectivity index (χ4n) is 1.91. The van der Waals surface area contributed by atoms with E-state index in [0.717, 1.165) is 5.69 Å². The Kier molecular flexibility index (Phi) is 3.76. The molecule has 1 aromatic rings. The van der Waals surface area contributed by atoms with E-state index < -0.39 is 6.10 Å². The van der Waals surface area contributed by atoms with E-state index in [2.05, 4.69) is 0 Å². The van der Waals surface area contributed by atoms with Crippen molar-refractivity contribution in [2.24, 2.45) is 7.05 Å². The van der Waals surface area contributed by atoms with Crippen LogP contribution in [0, 0.1) is 0 Å². The lowest BCUT2D eigenvalue weighted by molar-refractivity contribution is -0.129. The molecule has 0 saturated carbocycles. The van der Waals surface area contributed by atoms with Gasteiger partial charge in [-0.3, -0.25) is 4.79 Å². The molecule has 1 aromatic heterocycles. The average molecular weight is 256 g/mol. The topological polar surface area (TPSA) is 65.7 Å². The maximum absolute atomic E-state index is 11.7. The molecule has 0 aliphatic carbocycles. The summed E-state index contributed by atoms with van der Waals surface area (Å²) in [7, 11) is 1.93. The summed E-state index contributed by atoms with van der Waals surface area (Å²) < 4.78 is 1.97. The van der Waals surface area contributed by atoms with Crippen LogP contribution in [-0.4, -0.2) is 50.6 Å². The normalized spacial score (nSPS) is 22.2. The molecular formula is C11H16N2O3S. The van der Waals surface area contributed by atoms with Gasteiger partial charge in [-0.05, 0) is 12.1 Å². The minimum atomic E-state index is -0.875. The van der Waals surface area contributed by atoms with Gasteiger partial charge in [0.15, 0.2) is 0 Å². The molecule has 1 aliphatic heterocycles. The molecule has 17 heavy (non-hydrogen) atoms. The minimum absolute atomic E-state index is 0.00806. The zero-order valence-electron chi connectivity index (χ0n) is 9.61. The number of thioether (sulfide) groups is 1. The van der Waals surface area contributed by atoms with Crippen LogP contribution in [0.15, 0.2) is 18.3 Å². The smallest absolute Gasteiger partial charge is 0.233 e. The van der Waals surface area contributed by atoms with E-state index in [1.807, 2.05) is 29.9 Å². The van der Waals surface area contributed by atoms with E-state index in [9.17, 15) is 9.90 Å². The largest absolute Gasteiger partial charge is 0.394 e. The zero-order valence-corrected chi connectivity index (χ0v) is 10.4. The van der Waals surface area contributed by atoms with Gasteiger partial charge in [-0.15, -0.1) is 11.8 Å². The van der Waals surface area contributed by atoms with Crippen LogP contribution in [0.2, 0.25) is 0 Å². The number of aliphatic hydroxyl groups is 2. The third kappa shape index (κ3) is 2.48. The number of nitrogens with zero attached hydrogens (tertiary/aromatic N) is 2. The summed E-state index contributed by atoms with van der Waals surface area (Å²) >= 11 is 1.55. The number of amides is 1. The number of aliphatic hydroxyl groups excluding tert-OH is 2. The van der Waals surface area contributed by atoms with Crippen molar-refractivity contribution < 1.29 is 15.0 Å². The Labute approximate surface area is 104 Å². The molecule has 2 unspecified atom stereocenters. The molecule has 1 aliphatic rings. The van der Waals surface area contributed by atoms with Crippen LogP contribution in [0.1, 0.15) is 11.1 Å². The first-order valence-electron chi connectivity index (χ1n) is 5.44. The first-order chi connectivity index (χ1) is 8.13. The monoisotopic (exact) mass is 256 g/mol. The fourth-order valence-corrected chi connectivity index (χ4v) is 3.18. The Morgan fingerprint density at radius 3 is 3.00 bits per heavy atom. The molecule has 0 spiro atoms. The Balaban J connectivity index is 2.16. The van der Waals surface area contributed by atoms with Crippen LogP contribution in [0.5, 0.6) is 0 Å². The molecule has 5 nitrogen and oxygen atoms in total. The van der Waals surface area contributed by atoms with E-state index in [1.54, 1.807) is 16.7 Å². The SMILES string of the molecule is Cn1cccc1C1SCC(=O)N1CC(O)CO. The third-order valence-corrected chi connectivity index (χ3v) is 4.05. The molecule has 94 valence electrons. The predicted octanol–water partition coefficient (Wildman–Crippen LogP) is -0.0477. The summed E-state index contributed by atoms with van der Waals surface area (Å²) in [4.78, 5) is 13.4. The number of carbonyl (C=O) groups is 1. The summed E-state index contributed by atoms with van der Waals surface area (Å²) in [6.45, 7) is -0.146. The van der Waals surface area contributed by atoms with Gasteiger partial charge in [0.2, 0.25) is 5.91 Å². The summed E-state index contributed by atoms with van der Waals surface area (Å²) in [5, 5.41) is 18.2. The second kappa shape index (κ2) is 5.12. The zero-order chi connectivity index (χ0) is 12.4. The van der Waals surface area contributed by atoms with Gasteiger partial charge in [-0.25, -0.2) is 0 Å². The quantitative estimate of drug-likeness (QED) is 0.793. The molecule has 0 radical (unpaired) electrons. The first kappa shape index (κ1) is 12.5. The third-order valence-electron chi connectivity index (χ3n) is 2.82. The molecule has 2 N–H and O–H groups in total. The Morgan fingerprint density at radius 2 is 2.41 bits per heavy atom. The lowest BCUT2D eigenvalue weighted by Gasteiger charge is -2.26. The molecule has 0 bridgehead atoms.